The minimum absolute atomic E-state index is 0.172. The van der Waals surface area contributed by atoms with Gasteiger partial charge in [-0.05, 0) is 31.5 Å². The molecule has 0 spiro atoms. The van der Waals surface area contributed by atoms with Gasteiger partial charge in [0.1, 0.15) is 17.0 Å². The van der Waals surface area contributed by atoms with Crippen LogP contribution in [0.15, 0.2) is 24.3 Å². The first-order valence-electron chi connectivity index (χ1n) is 9.70. The number of carbonyl (C=O) groups is 1. The number of fused-ring (bicyclic) bond motifs is 1. The Labute approximate surface area is 172 Å². The molecule has 1 aromatic carbocycles. The van der Waals surface area contributed by atoms with Gasteiger partial charge < -0.3 is 4.74 Å². The summed E-state index contributed by atoms with van der Waals surface area (Å²) in [4.78, 5) is 21.8. The first-order valence-corrected chi connectivity index (χ1v) is 10.5. The number of morpholine rings is 1. The van der Waals surface area contributed by atoms with Crippen molar-refractivity contribution in [2.45, 2.75) is 13.3 Å². The molecule has 3 heterocycles. The summed E-state index contributed by atoms with van der Waals surface area (Å²) < 4.78 is 21.9. The van der Waals surface area contributed by atoms with Gasteiger partial charge in [0.2, 0.25) is 0 Å². The fourth-order valence-corrected chi connectivity index (χ4v) is 4.53. The van der Waals surface area contributed by atoms with E-state index in [-0.39, 0.29) is 11.7 Å². The summed E-state index contributed by atoms with van der Waals surface area (Å²) in [5, 5.41) is 4.80. The molecule has 154 valence electrons. The second-order valence-corrected chi connectivity index (χ2v) is 8.15. The lowest BCUT2D eigenvalue weighted by Gasteiger charge is -2.27. The number of para-hydroxylation sites is 1. The van der Waals surface area contributed by atoms with Gasteiger partial charge in [0.15, 0.2) is 5.13 Å². The molecule has 0 atom stereocenters. The van der Waals surface area contributed by atoms with Gasteiger partial charge >= 0.3 is 0 Å². The molecule has 0 unspecified atom stereocenters. The molecule has 0 bridgehead atoms. The summed E-state index contributed by atoms with van der Waals surface area (Å²) in [5.41, 5.74) is 1.58. The number of benzene rings is 1. The van der Waals surface area contributed by atoms with Crippen LogP contribution in [0, 0.1) is 12.7 Å². The van der Waals surface area contributed by atoms with Crippen molar-refractivity contribution in [3.05, 3.63) is 41.5 Å². The van der Waals surface area contributed by atoms with Crippen LogP contribution in [0.4, 0.5) is 9.52 Å². The number of ether oxygens (including phenoxy) is 1. The molecule has 4 rings (SSSR count). The van der Waals surface area contributed by atoms with E-state index in [0.29, 0.717) is 22.9 Å². The van der Waals surface area contributed by atoms with Gasteiger partial charge in [-0.25, -0.2) is 9.37 Å². The quantitative estimate of drug-likeness (QED) is 0.617. The van der Waals surface area contributed by atoms with Crippen LogP contribution in [0.3, 0.4) is 0 Å². The summed E-state index contributed by atoms with van der Waals surface area (Å²) in [6, 6.07) is 6.64. The lowest BCUT2D eigenvalue weighted by Crippen LogP contribution is -2.39. The van der Waals surface area contributed by atoms with Crippen molar-refractivity contribution in [2.24, 2.45) is 7.05 Å². The third-order valence-corrected chi connectivity index (χ3v) is 6.06. The van der Waals surface area contributed by atoms with Crippen LogP contribution in [-0.2, 0) is 11.8 Å². The first kappa shape index (κ1) is 19.9. The van der Waals surface area contributed by atoms with Gasteiger partial charge in [-0.2, -0.15) is 5.10 Å². The van der Waals surface area contributed by atoms with Crippen molar-refractivity contribution in [3.63, 3.8) is 0 Å². The van der Waals surface area contributed by atoms with E-state index in [1.165, 1.54) is 17.4 Å². The molecule has 0 radical (unpaired) electrons. The van der Waals surface area contributed by atoms with Crippen LogP contribution in [0.25, 0.3) is 10.2 Å². The fraction of sp³-hybridized carbons (Fsp3) is 0.450. The molecule has 2 aromatic heterocycles. The molecule has 0 saturated carbocycles. The van der Waals surface area contributed by atoms with E-state index in [1.807, 2.05) is 13.0 Å². The molecule has 3 aromatic rings. The number of hydrogen-bond acceptors (Lipinski definition) is 6. The highest BCUT2D eigenvalue weighted by Gasteiger charge is 2.25. The van der Waals surface area contributed by atoms with Gasteiger partial charge in [0.25, 0.3) is 5.91 Å². The number of anilines is 1. The van der Waals surface area contributed by atoms with E-state index >= 15 is 0 Å². The lowest BCUT2D eigenvalue weighted by molar-refractivity contribution is 0.0376. The molecule has 9 heteroatoms. The minimum Gasteiger partial charge on any atom is -0.379 e. The van der Waals surface area contributed by atoms with Gasteiger partial charge in [-0.15, -0.1) is 0 Å². The third-order valence-electron chi connectivity index (χ3n) is 5.02. The van der Waals surface area contributed by atoms with E-state index in [0.717, 1.165) is 49.7 Å². The average Bonchev–Trinajstić information content (AvgIpc) is 3.29. The molecule has 7 nitrogen and oxygen atoms in total. The van der Waals surface area contributed by atoms with Crippen molar-refractivity contribution in [3.8, 4) is 0 Å². The van der Waals surface area contributed by atoms with Crippen LogP contribution in [-0.4, -0.2) is 65.0 Å². The van der Waals surface area contributed by atoms with Crippen molar-refractivity contribution >= 4 is 32.6 Å². The summed E-state index contributed by atoms with van der Waals surface area (Å²) in [7, 11) is 1.75. The summed E-state index contributed by atoms with van der Waals surface area (Å²) in [6.07, 6.45) is 0.793. The molecule has 1 aliphatic rings. The largest absolute Gasteiger partial charge is 0.379 e. The number of carbonyl (C=O) groups excluding carboxylic acids is 1. The Balaban J connectivity index is 1.59. The smallest absolute Gasteiger partial charge is 0.278 e. The van der Waals surface area contributed by atoms with E-state index in [1.54, 1.807) is 28.8 Å². The molecule has 1 amide bonds. The van der Waals surface area contributed by atoms with Crippen molar-refractivity contribution in [2.75, 3.05) is 44.3 Å². The number of hydrogen-bond donors (Lipinski definition) is 0. The maximum Gasteiger partial charge on any atom is 0.278 e. The Morgan fingerprint density at radius 2 is 2.14 bits per heavy atom. The monoisotopic (exact) mass is 417 g/mol. The molecule has 1 saturated heterocycles. The maximum atomic E-state index is 14.2. The Bertz CT molecular complexity index is 1010. The van der Waals surface area contributed by atoms with E-state index in [2.05, 4.69) is 15.0 Å². The maximum absolute atomic E-state index is 14.2. The van der Waals surface area contributed by atoms with Crippen LogP contribution in [0.2, 0.25) is 0 Å². The van der Waals surface area contributed by atoms with Crippen LogP contribution in [0.1, 0.15) is 22.6 Å². The van der Waals surface area contributed by atoms with Gasteiger partial charge in [0.05, 0.1) is 23.6 Å². The van der Waals surface area contributed by atoms with Gasteiger partial charge in [-0.3, -0.25) is 19.3 Å². The van der Waals surface area contributed by atoms with E-state index < -0.39 is 0 Å². The van der Waals surface area contributed by atoms with Crippen LogP contribution >= 0.6 is 11.3 Å². The highest BCUT2D eigenvalue weighted by molar-refractivity contribution is 7.22. The van der Waals surface area contributed by atoms with E-state index in [4.69, 9.17) is 4.74 Å². The van der Waals surface area contributed by atoms with E-state index in [9.17, 15) is 9.18 Å². The molecular weight excluding hydrogens is 393 g/mol. The average molecular weight is 418 g/mol. The van der Waals surface area contributed by atoms with Crippen molar-refractivity contribution < 1.29 is 13.9 Å². The highest BCUT2D eigenvalue weighted by atomic mass is 32.1. The zero-order valence-corrected chi connectivity index (χ0v) is 17.4. The number of rotatable bonds is 6. The first-order chi connectivity index (χ1) is 14.0. The predicted octanol–water partition coefficient (Wildman–Crippen LogP) is 2.85. The Kier molecular flexibility index (Phi) is 5.89. The summed E-state index contributed by atoms with van der Waals surface area (Å²) >= 11 is 1.33. The minimum atomic E-state index is -0.373. The summed E-state index contributed by atoms with van der Waals surface area (Å²) in [5.74, 6) is -0.545. The number of amides is 1. The number of nitrogens with zero attached hydrogens (tertiary/aromatic N) is 5. The molecule has 1 aliphatic heterocycles. The second-order valence-electron chi connectivity index (χ2n) is 7.14. The number of aromatic nitrogens is 3. The van der Waals surface area contributed by atoms with Gasteiger partial charge in [0, 0.05) is 33.2 Å². The Morgan fingerprint density at radius 1 is 1.34 bits per heavy atom. The SMILES string of the molecule is Cc1cc(C(=O)N(CCCN2CCOCC2)c2nc3c(F)cccc3s2)n(C)n1. The lowest BCUT2D eigenvalue weighted by atomic mass is 10.3. The van der Waals surface area contributed by atoms with Crippen molar-refractivity contribution in [1.82, 2.24) is 19.7 Å². The summed E-state index contributed by atoms with van der Waals surface area (Å²) in [6.45, 7) is 6.52. The highest BCUT2D eigenvalue weighted by Crippen LogP contribution is 2.31. The molecule has 29 heavy (non-hydrogen) atoms. The number of aryl methyl sites for hydroxylation is 2. The Hall–Kier alpha value is -2.36. The second kappa shape index (κ2) is 8.56. The normalized spacial score (nSPS) is 15.1. The van der Waals surface area contributed by atoms with Gasteiger partial charge in [-0.1, -0.05) is 17.4 Å². The van der Waals surface area contributed by atoms with Crippen molar-refractivity contribution in [1.29, 1.82) is 0 Å². The fourth-order valence-electron chi connectivity index (χ4n) is 3.53. The Morgan fingerprint density at radius 3 is 2.83 bits per heavy atom. The molecule has 1 fully saturated rings. The number of halogens is 1. The third kappa shape index (κ3) is 4.31. The van der Waals surface area contributed by atoms with Crippen LogP contribution < -0.4 is 4.90 Å². The topological polar surface area (TPSA) is 63.5 Å². The zero-order valence-electron chi connectivity index (χ0n) is 16.6. The zero-order chi connectivity index (χ0) is 20.4. The van der Waals surface area contributed by atoms with Crippen LogP contribution in [0.5, 0.6) is 0 Å². The standard InChI is InChI=1S/C20H24FN5O2S/c1-14-13-16(24(2)23-14)19(27)26(8-4-7-25-9-11-28-12-10-25)20-22-18-15(21)5-3-6-17(18)29-20/h3,5-6,13H,4,7-12H2,1-2H3. The predicted molar refractivity (Wildman–Crippen MR) is 111 cm³/mol. The molecular formula is C20H24FN5O2S. The number of thiazole rings is 1. The molecule has 0 N–H and O–H groups in total. The molecule has 0 aliphatic carbocycles.